The van der Waals surface area contributed by atoms with Crippen LogP contribution in [0.15, 0.2) is 48.5 Å². The average Bonchev–Trinajstić information content (AvgIpc) is 2.76. The number of anilines is 1. The van der Waals surface area contributed by atoms with Crippen molar-refractivity contribution in [1.82, 2.24) is 10.2 Å². The van der Waals surface area contributed by atoms with Gasteiger partial charge in [-0.15, -0.1) is 0 Å². The molecule has 2 aromatic rings. The normalized spacial score (nSPS) is 18.6. The summed E-state index contributed by atoms with van der Waals surface area (Å²) in [4.78, 5) is 17.1. The van der Waals surface area contributed by atoms with E-state index in [9.17, 15) is 22.4 Å². The monoisotopic (exact) mass is 463 g/mol. The molecule has 1 heterocycles. The maximum absolute atomic E-state index is 13.7. The Balaban J connectivity index is 1.21. The van der Waals surface area contributed by atoms with Gasteiger partial charge in [-0.1, -0.05) is 24.6 Å². The molecule has 4 nitrogen and oxygen atoms in total. The second kappa shape index (κ2) is 9.71. The van der Waals surface area contributed by atoms with E-state index in [4.69, 9.17) is 0 Å². The number of alkyl halides is 3. The molecular formula is C25H29F4N3O. The molecule has 4 rings (SSSR count). The van der Waals surface area contributed by atoms with Crippen LogP contribution in [0.3, 0.4) is 0 Å². The Labute approximate surface area is 191 Å². The topological polar surface area (TPSA) is 35.6 Å². The summed E-state index contributed by atoms with van der Waals surface area (Å²) in [6.45, 7) is 4.20. The number of piperazine rings is 1. The molecule has 8 heteroatoms. The molecule has 33 heavy (non-hydrogen) atoms. The van der Waals surface area contributed by atoms with Crippen LogP contribution in [0.1, 0.15) is 36.8 Å². The van der Waals surface area contributed by atoms with Crippen LogP contribution in [0, 0.1) is 5.82 Å². The zero-order valence-corrected chi connectivity index (χ0v) is 18.5. The van der Waals surface area contributed by atoms with E-state index in [1.807, 2.05) is 11.0 Å². The molecule has 1 amide bonds. The predicted octanol–water partition coefficient (Wildman–Crippen LogP) is 4.59. The number of halogens is 4. The highest BCUT2D eigenvalue weighted by molar-refractivity contribution is 5.89. The van der Waals surface area contributed by atoms with Gasteiger partial charge >= 0.3 is 6.18 Å². The Kier molecular flexibility index (Phi) is 6.93. The van der Waals surface area contributed by atoms with Crippen molar-refractivity contribution in [2.75, 3.05) is 44.2 Å². The Hall–Kier alpha value is -2.61. The van der Waals surface area contributed by atoms with Crippen molar-refractivity contribution in [3.05, 3.63) is 65.5 Å². The lowest BCUT2D eigenvalue weighted by molar-refractivity contribution is -0.137. The summed E-state index contributed by atoms with van der Waals surface area (Å²) >= 11 is 0. The highest BCUT2D eigenvalue weighted by atomic mass is 19.4. The van der Waals surface area contributed by atoms with Gasteiger partial charge < -0.3 is 10.2 Å². The van der Waals surface area contributed by atoms with E-state index in [2.05, 4.69) is 10.2 Å². The van der Waals surface area contributed by atoms with Gasteiger partial charge in [0.25, 0.3) is 0 Å². The largest absolute Gasteiger partial charge is 0.416 e. The summed E-state index contributed by atoms with van der Waals surface area (Å²) in [6, 6.07) is 11.8. The van der Waals surface area contributed by atoms with Gasteiger partial charge in [-0.3, -0.25) is 9.69 Å². The second-order valence-electron chi connectivity index (χ2n) is 8.93. The molecule has 1 aliphatic heterocycles. The number of carbonyl (C=O) groups is 1. The first kappa shape index (κ1) is 23.5. The fourth-order valence-corrected chi connectivity index (χ4v) is 4.75. The molecule has 2 aliphatic rings. The molecule has 2 aromatic carbocycles. The van der Waals surface area contributed by atoms with Crippen LogP contribution >= 0.6 is 0 Å². The third kappa shape index (κ3) is 5.32. The average molecular weight is 464 g/mol. The van der Waals surface area contributed by atoms with Crippen molar-refractivity contribution in [3.8, 4) is 0 Å². The molecule has 178 valence electrons. The quantitative estimate of drug-likeness (QED) is 0.482. The van der Waals surface area contributed by atoms with E-state index in [-0.39, 0.29) is 11.7 Å². The summed E-state index contributed by atoms with van der Waals surface area (Å²) in [6.07, 6.45) is -1.12. The number of hydrogen-bond acceptors (Lipinski definition) is 3. The number of benzene rings is 2. The maximum Gasteiger partial charge on any atom is 0.416 e. The lowest BCUT2D eigenvalue weighted by Crippen LogP contribution is -2.50. The van der Waals surface area contributed by atoms with E-state index in [0.29, 0.717) is 25.3 Å². The van der Waals surface area contributed by atoms with E-state index in [1.165, 1.54) is 24.3 Å². The molecule has 2 fully saturated rings. The predicted molar refractivity (Wildman–Crippen MR) is 120 cm³/mol. The van der Waals surface area contributed by atoms with Gasteiger partial charge in [0.2, 0.25) is 5.91 Å². The fourth-order valence-electron chi connectivity index (χ4n) is 4.75. The molecule has 1 aliphatic carbocycles. The lowest BCUT2D eigenvalue weighted by Gasteiger charge is -2.41. The smallest absolute Gasteiger partial charge is 0.369 e. The zero-order valence-electron chi connectivity index (χ0n) is 18.5. The third-order valence-corrected chi connectivity index (χ3v) is 6.87. The van der Waals surface area contributed by atoms with Gasteiger partial charge in [0, 0.05) is 38.4 Å². The number of carbonyl (C=O) groups excluding carboxylic acids is 1. The van der Waals surface area contributed by atoms with E-state index in [1.54, 1.807) is 12.1 Å². The molecule has 0 atom stereocenters. The molecule has 0 radical (unpaired) electrons. The number of amides is 1. The molecule has 1 N–H and O–H groups in total. The molecule has 0 spiro atoms. The van der Waals surface area contributed by atoms with E-state index < -0.39 is 17.2 Å². The van der Waals surface area contributed by atoms with Crippen molar-refractivity contribution in [2.45, 2.75) is 37.3 Å². The maximum atomic E-state index is 13.7. The van der Waals surface area contributed by atoms with Crippen LogP contribution in [0.5, 0.6) is 0 Å². The van der Waals surface area contributed by atoms with Gasteiger partial charge in [-0.05, 0) is 61.7 Å². The van der Waals surface area contributed by atoms with Gasteiger partial charge in [-0.2, -0.15) is 13.2 Å². The van der Waals surface area contributed by atoms with Crippen molar-refractivity contribution in [2.24, 2.45) is 0 Å². The second-order valence-corrected chi connectivity index (χ2v) is 8.93. The van der Waals surface area contributed by atoms with Crippen LogP contribution in [0.25, 0.3) is 0 Å². The minimum absolute atomic E-state index is 0.0336. The summed E-state index contributed by atoms with van der Waals surface area (Å²) < 4.78 is 52.6. The molecule has 0 bridgehead atoms. The van der Waals surface area contributed by atoms with E-state index >= 15 is 0 Å². The summed E-state index contributed by atoms with van der Waals surface area (Å²) in [5.74, 6) is -0.357. The number of nitrogens with one attached hydrogen (secondary N) is 1. The van der Waals surface area contributed by atoms with Gasteiger partial charge in [0.1, 0.15) is 5.82 Å². The van der Waals surface area contributed by atoms with Crippen molar-refractivity contribution >= 4 is 11.6 Å². The van der Waals surface area contributed by atoms with E-state index in [0.717, 1.165) is 56.9 Å². The van der Waals surface area contributed by atoms with Gasteiger partial charge in [0.05, 0.1) is 11.0 Å². The van der Waals surface area contributed by atoms with Crippen LogP contribution in [-0.2, 0) is 16.4 Å². The third-order valence-electron chi connectivity index (χ3n) is 6.87. The minimum Gasteiger partial charge on any atom is -0.369 e. The lowest BCUT2D eigenvalue weighted by atomic mass is 9.64. The summed E-state index contributed by atoms with van der Waals surface area (Å²) in [5, 5.41) is 3.03. The highest BCUT2D eigenvalue weighted by Crippen LogP contribution is 2.44. The zero-order chi connectivity index (χ0) is 23.5. The Morgan fingerprint density at radius 2 is 1.73 bits per heavy atom. The van der Waals surface area contributed by atoms with Crippen LogP contribution in [-0.4, -0.2) is 50.1 Å². The number of hydrogen-bond donors (Lipinski definition) is 1. The Bertz CT molecular complexity index is 966. The Morgan fingerprint density at radius 1 is 1.00 bits per heavy atom. The highest BCUT2D eigenvalue weighted by Gasteiger charge is 2.45. The SMILES string of the molecule is O=C(NCCCN1CCN(c2cccc(C(F)(F)F)c2)CC1)C1(c2cccc(F)c2)CCC1. The summed E-state index contributed by atoms with van der Waals surface area (Å²) in [5.41, 5.74) is 0.107. The molecule has 1 saturated heterocycles. The minimum atomic E-state index is -4.34. The molecular weight excluding hydrogens is 434 g/mol. The molecule has 0 aromatic heterocycles. The number of rotatable bonds is 7. The molecule has 0 unspecified atom stereocenters. The first-order valence-corrected chi connectivity index (χ1v) is 11.5. The molecule has 1 saturated carbocycles. The number of nitrogens with zero attached hydrogens (tertiary/aromatic N) is 2. The van der Waals surface area contributed by atoms with Crippen molar-refractivity contribution in [1.29, 1.82) is 0 Å². The van der Waals surface area contributed by atoms with Gasteiger partial charge in [0.15, 0.2) is 0 Å². The van der Waals surface area contributed by atoms with Crippen molar-refractivity contribution < 1.29 is 22.4 Å². The van der Waals surface area contributed by atoms with Crippen molar-refractivity contribution in [3.63, 3.8) is 0 Å². The Morgan fingerprint density at radius 3 is 2.36 bits per heavy atom. The fraction of sp³-hybridized carbons (Fsp3) is 0.480. The first-order valence-electron chi connectivity index (χ1n) is 11.5. The standard InChI is InChI=1S/C25H29F4N3O/c26-21-7-1-5-19(17-21)24(9-3-10-24)23(33)30-11-4-12-31-13-15-32(16-14-31)22-8-2-6-20(18-22)25(27,28)29/h1-2,5-8,17-18H,3-4,9-16H2,(H,30,33). The van der Waals surface area contributed by atoms with Crippen LogP contribution < -0.4 is 10.2 Å². The first-order chi connectivity index (χ1) is 15.8. The van der Waals surface area contributed by atoms with Gasteiger partial charge in [-0.25, -0.2) is 4.39 Å². The van der Waals surface area contributed by atoms with Crippen LogP contribution in [0.4, 0.5) is 23.2 Å². The van der Waals surface area contributed by atoms with Crippen LogP contribution in [0.2, 0.25) is 0 Å². The summed E-state index contributed by atoms with van der Waals surface area (Å²) in [7, 11) is 0.